The minimum absolute atomic E-state index is 0.0670. The van der Waals surface area contributed by atoms with Gasteiger partial charge in [0.05, 0.1) is 10.4 Å². The van der Waals surface area contributed by atoms with Gasteiger partial charge in [-0.05, 0) is 46.6 Å². The molecule has 3 rings (SSSR count). The third-order valence-corrected chi connectivity index (χ3v) is 6.37. The number of aromatic nitrogens is 2. The zero-order chi connectivity index (χ0) is 17.5. The Morgan fingerprint density at radius 2 is 2.17 bits per heavy atom. The van der Waals surface area contributed by atoms with Gasteiger partial charge in [-0.25, -0.2) is 0 Å². The summed E-state index contributed by atoms with van der Waals surface area (Å²) >= 11 is 1.53. The summed E-state index contributed by atoms with van der Waals surface area (Å²) in [4.78, 5) is 24.4. The number of rotatable bonds is 5. The molecule has 1 aromatic rings. The third-order valence-electron chi connectivity index (χ3n) is 4.96. The molecule has 24 heavy (non-hydrogen) atoms. The van der Waals surface area contributed by atoms with E-state index in [0.29, 0.717) is 12.3 Å². The quantitative estimate of drug-likeness (QED) is 0.842. The highest BCUT2D eigenvalue weighted by atomic mass is 32.2. The standard InChI is InChI=1S/C17H26N4O2S/c1-11-7-12(2)21(20-11)10-17(5-6-17)9-18-14(22)13-8-24-16(3,4)15(23)19-13/h7,13H,5-6,8-10H2,1-4H3,(H,18,22)(H,19,23)/t13-/m1/s1. The third kappa shape index (κ3) is 3.61. The molecule has 1 atom stereocenters. The van der Waals surface area contributed by atoms with Crippen LogP contribution in [0, 0.1) is 19.3 Å². The van der Waals surface area contributed by atoms with Crippen LogP contribution >= 0.6 is 11.8 Å². The number of carbonyl (C=O) groups excluding carboxylic acids is 2. The van der Waals surface area contributed by atoms with Crippen molar-refractivity contribution in [2.45, 2.75) is 57.9 Å². The van der Waals surface area contributed by atoms with E-state index in [1.807, 2.05) is 25.5 Å². The maximum absolute atomic E-state index is 12.4. The number of amides is 2. The Morgan fingerprint density at radius 1 is 1.46 bits per heavy atom. The van der Waals surface area contributed by atoms with Crippen molar-refractivity contribution in [1.29, 1.82) is 0 Å². The fraction of sp³-hybridized carbons (Fsp3) is 0.706. The molecule has 0 unspecified atom stereocenters. The number of hydrogen-bond donors (Lipinski definition) is 2. The highest BCUT2D eigenvalue weighted by molar-refractivity contribution is 8.01. The predicted octanol–water partition coefficient (Wildman–Crippen LogP) is 1.41. The summed E-state index contributed by atoms with van der Waals surface area (Å²) in [5.74, 6) is 0.475. The molecule has 0 spiro atoms. The van der Waals surface area contributed by atoms with E-state index in [4.69, 9.17) is 0 Å². The van der Waals surface area contributed by atoms with E-state index < -0.39 is 10.8 Å². The molecule has 2 aliphatic rings. The fourth-order valence-electron chi connectivity index (χ4n) is 2.99. The first-order valence-corrected chi connectivity index (χ1v) is 9.43. The van der Waals surface area contributed by atoms with E-state index in [0.717, 1.165) is 30.8 Å². The van der Waals surface area contributed by atoms with Crippen molar-refractivity contribution in [3.8, 4) is 0 Å². The molecule has 1 aromatic heterocycles. The summed E-state index contributed by atoms with van der Waals surface area (Å²) in [6.07, 6.45) is 2.20. The second-order valence-corrected chi connectivity index (χ2v) is 9.29. The summed E-state index contributed by atoms with van der Waals surface area (Å²) in [7, 11) is 0. The summed E-state index contributed by atoms with van der Waals surface area (Å²) in [6, 6.07) is 1.64. The van der Waals surface area contributed by atoms with Crippen LogP contribution in [0.25, 0.3) is 0 Å². The minimum Gasteiger partial charge on any atom is -0.354 e. The fourth-order valence-corrected chi connectivity index (χ4v) is 4.00. The van der Waals surface area contributed by atoms with Crippen LogP contribution in [0.5, 0.6) is 0 Å². The topological polar surface area (TPSA) is 76.0 Å². The number of nitrogens with zero attached hydrogens (tertiary/aromatic N) is 2. The van der Waals surface area contributed by atoms with Crippen LogP contribution in [0.2, 0.25) is 0 Å². The number of thioether (sulfide) groups is 1. The van der Waals surface area contributed by atoms with Gasteiger partial charge in [0.1, 0.15) is 6.04 Å². The molecule has 2 N–H and O–H groups in total. The van der Waals surface area contributed by atoms with Crippen molar-refractivity contribution in [1.82, 2.24) is 20.4 Å². The van der Waals surface area contributed by atoms with Crippen molar-refractivity contribution in [2.75, 3.05) is 12.3 Å². The molecule has 7 heteroatoms. The molecule has 2 fully saturated rings. The van der Waals surface area contributed by atoms with Crippen molar-refractivity contribution in [2.24, 2.45) is 5.41 Å². The molecular formula is C17H26N4O2S. The van der Waals surface area contributed by atoms with Crippen LogP contribution in [0.15, 0.2) is 6.07 Å². The Labute approximate surface area is 147 Å². The summed E-state index contributed by atoms with van der Waals surface area (Å²) < 4.78 is 1.58. The molecule has 0 aromatic carbocycles. The van der Waals surface area contributed by atoms with Crippen molar-refractivity contribution >= 4 is 23.6 Å². The summed E-state index contributed by atoms with van der Waals surface area (Å²) in [5.41, 5.74) is 2.30. The van der Waals surface area contributed by atoms with E-state index in [9.17, 15) is 9.59 Å². The van der Waals surface area contributed by atoms with Crippen LogP contribution in [0.1, 0.15) is 38.1 Å². The number of nitrogens with one attached hydrogen (secondary N) is 2. The van der Waals surface area contributed by atoms with Gasteiger partial charge in [-0.15, -0.1) is 11.8 Å². The van der Waals surface area contributed by atoms with Crippen LogP contribution in [0.4, 0.5) is 0 Å². The SMILES string of the molecule is Cc1cc(C)n(CC2(CNC(=O)[C@H]3CSC(C)(C)C(=O)N3)CC2)n1. The van der Waals surface area contributed by atoms with Gasteiger partial charge in [0.25, 0.3) is 0 Å². The largest absolute Gasteiger partial charge is 0.354 e. The molecule has 1 saturated heterocycles. The average Bonchev–Trinajstić information content (AvgIpc) is 3.19. The molecule has 1 aliphatic heterocycles. The van der Waals surface area contributed by atoms with Gasteiger partial charge in [-0.1, -0.05) is 0 Å². The highest BCUT2D eigenvalue weighted by Crippen LogP contribution is 2.46. The highest BCUT2D eigenvalue weighted by Gasteiger charge is 2.44. The molecule has 0 bridgehead atoms. The van der Waals surface area contributed by atoms with E-state index in [1.165, 1.54) is 11.8 Å². The predicted molar refractivity (Wildman–Crippen MR) is 94.8 cm³/mol. The average molecular weight is 350 g/mol. The van der Waals surface area contributed by atoms with Crippen LogP contribution in [-0.2, 0) is 16.1 Å². The smallest absolute Gasteiger partial charge is 0.243 e. The molecule has 2 amide bonds. The molecule has 1 aliphatic carbocycles. The Morgan fingerprint density at radius 3 is 2.71 bits per heavy atom. The lowest BCUT2D eigenvalue weighted by atomic mass is 10.1. The molecular weight excluding hydrogens is 324 g/mol. The second kappa shape index (κ2) is 6.10. The van der Waals surface area contributed by atoms with E-state index in [2.05, 4.69) is 28.7 Å². The number of carbonyl (C=O) groups is 2. The first kappa shape index (κ1) is 17.3. The lowest BCUT2D eigenvalue weighted by Gasteiger charge is -2.33. The van der Waals surface area contributed by atoms with Gasteiger partial charge in [0.15, 0.2) is 0 Å². The minimum atomic E-state index is -0.454. The normalized spacial score (nSPS) is 24.3. The van der Waals surface area contributed by atoms with Crippen molar-refractivity contribution in [3.63, 3.8) is 0 Å². The van der Waals surface area contributed by atoms with Crippen LogP contribution < -0.4 is 10.6 Å². The van der Waals surface area contributed by atoms with Gasteiger partial charge in [-0.3, -0.25) is 14.3 Å². The van der Waals surface area contributed by atoms with E-state index in [1.54, 1.807) is 0 Å². The van der Waals surface area contributed by atoms with Crippen LogP contribution in [-0.4, -0.2) is 44.7 Å². The molecule has 132 valence electrons. The maximum atomic E-state index is 12.4. The van der Waals surface area contributed by atoms with E-state index in [-0.39, 0.29) is 17.2 Å². The Hall–Kier alpha value is -1.50. The Balaban J connectivity index is 1.53. The number of hydrogen-bond acceptors (Lipinski definition) is 4. The lowest BCUT2D eigenvalue weighted by molar-refractivity contribution is -0.129. The lowest BCUT2D eigenvalue weighted by Crippen LogP contribution is -2.57. The Bertz CT molecular complexity index is 664. The van der Waals surface area contributed by atoms with Crippen molar-refractivity contribution in [3.05, 3.63) is 17.5 Å². The van der Waals surface area contributed by atoms with Gasteiger partial charge < -0.3 is 10.6 Å². The van der Waals surface area contributed by atoms with Gasteiger partial charge in [0.2, 0.25) is 11.8 Å². The van der Waals surface area contributed by atoms with E-state index >= 15 is 0 Å². The monoisotopic (exact) mass is 350 g/mol. The first-order chi connectivity index (χ1) is 11.2. The zero-order valence-electron chi connectivity index (χ0n) is 14.8. The molecule has 1 saturated carbocycles. The van der Waals surface area contributed by atoms with Crippen LogP contribution in [0.3, 0.4) is 0 Å². The van der Waals surface area contributed by atoms with Gasteiger partial charge >= 0.3 is 0 Å². The zero-order valence-corrected chi connectivity index (χ0v) is 15.6. The Kier molecular flexibility index (Phi) is 4.40. The molecule has 2 heterocycles. The molecule has 0 radical (unpaired) electrons. The first-order valence-electron chi connectivity index (χ1n) is 8.45. The van der Waals surface area contributed by atoms with Gasteiger partial charge in [-0.2, -0.15) is 5.10 Å². The summed E-state index contributed by atoms with van der Waals surface area (Å²) in [5, 5.41) is 10.4. The summed E-state index contributed by atoms with van der Waals surface area (Å²) in [6.45, 7) is 9.31. The second-order valence-electron chi connectivity index (χ2n) is 7.65. The molecule has 6 nitrogen and oxygen atoms in total. The number of aryl methyl sites for hydroxylation is 2. The maximum Gasteiger partial charge on any atom is 0.243 e. The van der Waals surface area contributed by atoms with Gasteiger partial charge in [0, 0.05) is 30.0 Å². The van der Waals surface area contributed by atoms with Crippen molar-refractivity contribution < 1.29 is 9.59 Å².